The summed E-state index contributed by atoms with van der Waals surface area (Å²) in [6, 6.07) is 0. The van der Waals surface area contributed by atoms with Gasteiger partial charge in [0.1, 0.15) is 0 Å². The lowest BCUT2D eigenvalue weighted by atomic mass is 9.94. The number of rotatable bonds is 5. The number of β-amino-alcohol motifs (C(OH)–C–C–N with tert-alkyl or cyclic N) is 1. The van der Waals surface area contributed by atoms with E-state index in [0.717, 1.165) is 43.7 Å². The Kier molecular flexibility index (Phi) is 5.58. The molecule has 0 radical (unpaired) electrons. The van der Waals surface area contributed by atoms with Gasteiger partial charge in [0.15, 0.2) is 0 Å². The van der Waals surface area contributed by atoms with Crippen molar-refractivity contribution < 1.29 is 5.11 Å². The van der Waals surface area contributed by atoms with Crippen LogP contribution in [0, 0.1) is 5.92 Å². The van der Waals surface area contributed by atoms with E-state index in [1.807, 2.05) is 6.92 Å². The van der Waals surface area contributed by atoms with Gasteiger partial charge in [0.25, 0.3) is 0 Å². The third kappa shape index (κ3) is 5.32. The number of hydrogen-bond donors (Lipinski definition) is 1. The van der Waals surface area contributed by atoms with Crippen LogP contribution in [0.15, 0.2) is 0 Å². The Morgan fingerprint density at radius 2 is 2.20 bits per heavy atom. The molecule has 0 amide bonds. The molecule has 0 bridgehead atoms. The Morgan fingerprint density at radius 1 is 1.47 bits per heavy atom. The van der Waals surface area contributed by atoms with E-state index in [-0.39, 0.29) is 0 Å². The van der Waals surface area contributed by atoms with Gasteiger partial charge >= 0.3 is 0 Å². The monoisotopic (exact) mass is 277 g/mol. The van der Waals surface area contributed by atoms with Gasteiger partial charge in [-0.25, -0.2) is 0 Å². The molecule has 1 aliphatic rings. The molecule has 15 heavy (non-hydrogen) atoms. The molecule has 0 aromatic carbocycles. The van der Waals surface area contributed by atoms with Crippen LogP contribution in [0.2, 0.25) is 0 Å². The van der Waals surface area contributed by atoms with Crippen molar-refractivity contribution in [2.24, 2.45) is 5.92 Å². The quantitative estimate of drug-likeness (QED) is 0.781. The van der Waals surface area contributed by atoms with Gasteiger partial charge < -0.3 is 10.0 Å². The molecule has 0 aromatic rings. The summed E-state index contributed by atoms with van der Waals surface area (Å²) in [5, 5.41) is 11.1. The van der Waals surface area contributed by atoms with Gasteiger partial charge in [-0.3, -0.25) is 0 Å². The van der Waals surface area contributed by atoms with Gasteiger partial charge in [0, 0.05) is 11.9 Å². The molecule has 1 heterocycles. The van der Waals surface area contributed by atoms with Crippen molar-refractivity contribution in [2.45, 2.75) is 45.1 Å². The first-order valence-corrected chi connectivity index (χ1v) is 7.16. The van der Waals surface area contributed by atoms with Crippen molar-refractivity contribution >= 4 is 15.9 Å². The van der Waals surface area contributed by atoms with Crippen LogP contribution in [-0.2, 0) is 0 Å². The maximum Gasteiger partial charge on any atom is 0.0746 e. The summed E-state index contributed by atoms with van der Waals surface area (Å²) in [5.74, 6) is 0.788. The third-order valence-electron chi connectivity index (χ3n) is 3.29. The Balaban J connectivity index is 2.21. The highest BCUT2D eigenvalue weighted by Gasteiger charge is 2.27. The fourth-order valence-corrected chi connectivity index (χ4v) is 3.03. The number of alkyl halides is 1. The molecule has 0 saturated carbocycles. The molecule has 1 fully saturated rings. The van der Waals surface area contributed by atoms with Crippen LogP contribution in [0.25, 0.3) is 0 Å². The molecular formula is C12H24BrNO. The average Bonchev–Trinajstić information content (AvgIpc) is 2.14. The van der Waals surface area contributed by atoms with Crippen molar-refractivity contribution in [3.8, 4) is 0 Å². The van der Waals surface area contributed by atoms with Crippen LogP contribution in [0.5, 0.6) is 0 Å². The molecule has 0 aliphatic carbocycles. The fraction of sp³-hybridized carbons (Fsp3) is 1.00. The lowest BCUT2D eigenvalue weighted by Gasteiger charge is -2.37. The Morgan fingerprint density at radius 3 is 2.80 bits per heavy atom. The summed E-state index contributed by atoms with van der Waals surface area (Å²) in [7, 11) is 0. The molecule has 1 N–H and O–H groups in total. The van der Waals surface area contributed by atoms with Crippen LogP contribution in [0.3, 0.4) is 0 Å². The number of nitrogens with zero attached hydrogens (tertiary/aromatic N) is 1. The molecule has 2 nitrogen and oxygen atoms in total. The van der Waals surface area contributed by atoms with E-state index in [1.54, 1.807) is 0 Å². The molecule has 3 heteroatoms. The summed E-state index contributed by atoms with van der Waals surface area (Å²) in [4.78, 5) is 2.41. The molecule has 0 spiro atoms. The predicted molar refractivity (Wildman–Crippen MR) is 68.5 cm³/mol. The second-order valence-corrected chi connectivity index (χ2v) is 6.04. The number of halogens is 1. The summed E-state index contributed by atoms with van der Waals surface area (Å²) in [5.41, 5.74) is -0.448. The van der Waals surface area contributed by atoms with Crippen LogP contribution in [-0.4, -0.2) is 40.6 Å². The van der Waals surface area contributed by atoms with Crippen molar-refractivity contribution in [2.75, 3.05) is 25.0 Å². The normalized spacial score (nSPS) is 30.4. The molecule has 0 aromatic heterocycles. The first-order valence-electron chi connectivity index (χ1n) is 6.04. The zero-order valence-electron chi connectivity index (χ0n) is 10.0. The highest BCUT2D eigenvalue weighted by molar-refractivity contribution is 9.09. The van der Waals surface area contributed by atoms with Gasteiger partial charge in [-0.15, -0.1) is 0 Å². The number of aliphatic hydroxyl groups is 1. The summed E-state index contributed by atoms with van der Waals surface area (Å²) in [6.45, 7) is 7.43. The van der Waals surface area contributed by atoms with Crippen molar-refractivity contribution in [3.05, 3.63) is 0 Å². The first-order chi connectivity index (χ1) is 7.03. The van der Waals surface area contributed by atoms with Gasteiger partial charge in [-0.2, -0.15) is 0 Å². The standard InChI is InChI=1S/C12H24BrNO/c1-11(4-7-13)5-9-14-8-3-6-12(2,15)10-14/h11,15H,3-10H2,1-2H3. The van der Waals surface area contributed by atoms with Gasteiger partial charge in [-0.1, -0.05) is 22.9 Å². The van der Waals surface area contributed by atoms with Crippen molar-refractivity contribution in [3.63, 3.8) is 0 Å². The average molecular weight is 278 g/mol. The third-order valence-corrected chi connectivity index (χ3v) is 3.75. The molecule has 1 saturated heterocycles. The Hall–Kier alpha value is 0.400. The molecule has 90 valence electrons. The first kappa shape index (κ1) is 13.5. The van der Waals surface area contributed by atoms with Gasteiger partial charge in [-0.05, 0) is 51.6 Å². The fourth-order valence-electron chi connectivity index (χ4n) is 2.25. The zero-order valence-corrected chi connectivity index (χ0v) is 11.6. The maximum absolute atomic E-state index is 9.96. The highest BCUT2D eigenvalue weighted by Crippen LogP contribution is 2.21. The molecule has 1 rings (SSSR count). The van der Waals surface area contributed by atoms with Crippen LogP contribution in [0.4, 0.5) is 0 Å². The van der Waals surface area contributed by atoms with Crippen LogP contribution >= 0.6 is 15.9 Å². The minimum atomic E-state index is -0.448. The summed E-state index contributed by atoms with van der Waals surface area (Å²) >= 11 is 3.48. The smallest absolute Gasteiger partial charge is 0.0746 e. The summed E-state index contributed by atoms with van der Waals surface area (Å²) in [6.07, 6.45) is 4.60. The van der Waals surface area contributed by atoms with E-state index in [1.165, 1.54) is 12.8 Å². The predicted octanol–water partition coefficient (Wildman–Crippen LogP) is 2.64. The lowest BCUT2D eigenvalue weighted by molar-refractivity contribution is -0.0166. The topological polar surface area (TPSA) is 23.5 Å². The number of piperidine rings is 1. The second kappa shape index (κ2) is 6.21. The van der Waals surface area contributed by atoms with E-state index in [0.29, 0.717) is 0 Å². The van der Waals surface area contributed by atoms with E-state index in [2.05, 4.69) is 27.8 Å². The Labute approximate surface area is 102 Å². The SMILES string of the molecule is CC(CCBr)CCN1CCCC(C)(O)C1. The molecular weight excluding hydrogens is 254 g/mol. The Bertz CT molecular complexity index is 184. The molecule has 2 unspecified atom stereocenters. The second-order valence-electron chi connectivity index (χ2n) is 5.25. The minimum Gasteiger partial charge on any atom is -0.389 e. The minimum absolute atomic E-state index is 0.448. The van der Waals surface area contributed by atoms with E-state index in [4.69, 9.17) is 0 Å². The lowest BCUT2D eigenvalue weighted by Crippen LogP contribution is -2.46. The van der Waals surface area contributed by atoms with Crippen LogP contribution in [0.1, 0.15) is 39.5 Å². The van der Waals surface area contributed by atoms with E-state index in [9.17, 15) is 5.11 Å². The number of hydrogen-bond acceptors (Lipinski definition) is 2. The maximum atomic E-state index is 9.96. The van der Waals surface area contributed by atoms with Gasteiger partial charge in [0.2, 0.25) is 0 Å². The van der Waals surface area contributed by atoms with Crippen molar-refractivity contribution in [1.29, 1.82) is 0 Å². The van der Waals surface area contributed by atoms with Crippen molar-refractivity contribution in [1.82, 2.24) is 4.90 Å². The summed E-state index contributed by atoms with van der Waals surface area (Å²) < 4.78 is 0. The largest absolute Gasteiger partial charge is 0.389 e. The van der Waals surface area contributed by atoms with E-state index >= 15 is 0 Å². The number of likely N-dealkylation sites (tertiary alicyclic amines) is 1. The van der Waals surface area contributed by atoms with E-state index < -0.39 is 5.60 Å². The zero-order chi connectivity index (χ0) is 11.3. The molecule has 1 aliphatic heterocycles. The van der Waals surface area contributed by atoms with Gasteiger partial charge in [0.05, 0.1) is 5.60 Å². The van der Waals surface area contributed by atoms with Crippen LogP contribution < -0.4 is 0 Å². The molecule has 2 atom stereocenters. The highest BCUT2D eigenvalue weighted by atomic mass is 79.9.